The van der Waals surface area contributed by atoms with Crippen LogP contribution in [0, 0.1) is 11.3 Å². The first-order valence-electron chi connectivity index (χ1n) is 5.71. The number of rotatable bonds is 5. The molecule has 6 heteroatoms. The lowest BCUT2D eigenvalue weighted by molar-refractivity contribution is 0.219. The molecule has 0 spiro atoms. The molecule has 0 unspecified atom stereocenters. The largest absolute Gasteiger partial charge is 0.387 e. The van der Waals surface area contributed by atoms with Gasteiger partial charge in [-0.25, -0.2) is 8.42 Å². The fraction of sp³-hybridized carbons (Fsp3) is 0.900. The molecular formula is C10H21N3O2S. The number of nitrogens with two attached hydrogens (primary N) is 1. The third-order valence-corrected chi connectivity index (χ3v) is 4.87. The molecule has 0 aromatic carbocycles. The lowest BCUT2D eigenvalue weighted by atomic mass is 9.96. The Labute approximate surface area is 97.4 Å². The molecule has 3 N–H and O–H groups in total. The Morgan fingerprint density at radius 1 is 1.44 bits per heavy atom. The molecule has 0 aromatic heterocycles. The highest BCUT2D eigenvalue weighted by molar-refractivity contribution is 7.91. The standard InChI is InChI=1S/C10H21N3O2S/c1-2-16(14,15)8-7-13-5-3-9(4-6-13)10(11)12/h9H,2-8H2,1H3,(H3,11,12). The maximum Gasteiger partial charge on any atom is 0.151 e. The predicted octanol–water partition coefficient (Wildman–Crippen LogP) is 0.0691. The monoisotopic (exact) mass is 247 g/mol. The predicted molar refractivity (Wildman–Crippen MR) is 65.4 cm³/mol. The Kier molecular flexibility index (Phi) is 4.73. The number of likely N-dealkylation sites (tertiary alicyclic amines) is 1. The van der Waals surface area contributed by atoms with Gasteiger partial charge < -0.3 is 10.6 Å². The highest BCUT2D eigenvalue weighted by Gasteiger charge is 2.21. The molecule has 1 aliphatic rings. The van der Waals surface area contributed by atoms with Gasteiger partial charge in [-0.2, -0.15) is 0 Å². The van der Waals surface area contributed by atoms with E-state index in [-0.39, 0.29) is 23.3 Å². The molecule has 0 amide bonds. The number of hydrogen-bond acceptors (Lipinski definition) is 4. The van der Waals surface area contributed by atoms with Crippen molar-refractivity contribution in [3.05, 3.63) is 0 Å². The zero-order valence-electron chi connectivity index (χ0n) is 9.78. The number of nitrogens with zero attached hydrogens (tertiary/aromatic N) is 1. The first kappa shape index (κ1) is 13.4. The molecule has 1 saturated heterocycles. The third kappa shape index (κ3) is 4.09. The van der Waals surface area contributed by atoms with Gasteiger partial charge in [0.15, 0.2) is 9.84 Å². The summed E-state index contributed by atoms with van der Waals surface area (Å²) in [7, 11) is -2.86. The van der Waals surface area contributed by atoms with E-state index in [1.165, 1.54) is 0 Å². The van der Waals surface area contributed by atoms with Gasteiger partial charge >= 0.3 is 0 Å². The number of nitrogens with one attached hydrogen (secondary N) is 1. The molecule has 0 radical (unpaired) electrons. The van der Waals surface area contributed by atoms with E-state index in [4.69, 9.17) is 11.1 Å². The Morgan fingerprint density at radius 2 is 2.00 bits per heavy atom. The number of amidine groups is 1. The van der Waals surface area contributed by atoms with Crippen LogP contribution in [0.3, 0.4) is 0 Å². The van der Waals surface area contributed by atoms with Gasteiger partial charge in [-0.15, -0.1) is 0 Å². The van der Waals surface area contributed by atoms with Crippen LogP contribution in [0.4, 0.5) is 0 Å². The van der Waals surface area contributed by atoms with Crippen LogP contribution >= 0.6 is 0 Å². The quantitative estimate of drug-likeness (QED) is 0.531. The molecule has 1 fully saturated rings. The van der Waals surface area contributed by atoms with Crippen LogP contribution in [0.15, 0.2) is 0 Å². The summed E-state index contributed by atoms with van der Waals surface area (Å²) in [6.07, 6.45) is 1.75. The molecule has 5 nitrogen and oxygen atoms in total. The topological polar surface area (TPSA) is 87.2 Å². The van der Waals surface area contributed by atoms with Gasteiger partial charge in [0.05, 0.1) is 11.6 Å². The average Bonchev–Trinajstić information content (AvgIpc) is 2.27. The first-order chi connectivity index (χ1) is 7.44. The Bertz CT molecular complexity index is 332. The van der Waals surface area contributed by atoms with Crippen molar-refractivity contribution >= 4 is 15.7 Å². The van der Waals surface area contributed by atoms with Crippen molar-refractivity contribution < 1.29 is 8.42 Å². The summed E-state index contributed by atoms with van der Waals surface area (Å²) >= 11 is 0. The van der Waals surface area contributed by atoms with E-state index in [9.17, 15) is 8.42 Å². The summed E-state index contributed by atoms with van der Waals surface area (Å²) in [6.45, 7) is 3.99. The number of hydrogen-bond donors (Lipinski definition) is 2. The van der Waals surface area contributed by atoms with E-state index in [2.05, 4.69) is 4.90 Å². The Balaban J connectivity index is 2.30. The second-order valence-corrected chi connectivity index (χ2v) is 6.78. The van der Waals surface area contributed by atoms with Gasteiger partial charge in [0.1, 0.15) is 0 Å². The SMILES string of the molecule is CCS(=O)(=O)CCN1CCC(C(=N)N)CC1. The van der Waals surface area contributed by atoms with Crippen molar-refractivity contribution in [1.29, 1.82) is 5.41 Å². The molecule has 94 valence electrons. The van der Waals surface area contributed by atoms with Crippen LogP contribution < -0.4 is 5.73 Å². The van der Waals surface area contributed by atoms with Gasteiger partial charge in [0, 0.05) is 18.2 Å². The fourth-order valence-corrected chi connectivity index (χ4v) is 2.71. The van der Waals surface area contributed by atoms with Crippen LogP contribution in [0.5, 0.6) is 0 Å². The van der Waals surface area contributed by atoms with Crippen molar-refractivity contribution in [2.75, 3.05) is 31.1 Å². The molecule has 0 saturated carbocycles. The van der Waals surface area contributed by atoms with E-state index in [1.807, 2.05) is 0 Å². The van der Waals surface area contributed by atoms with Crippen LogP contribution in [-0.4, -0.2) is 50.3 Å². The smallest absolute Gasteiger partial charge is 0.151 e. The van der Waals surface area contributed by atoms with Crippen molar-refractivity contribution in [2.45, 2.75) is 19.8 Å². The number of piperidine rings is 1. The van der Waals surface area contributed by atoms with Crippen LogP contribution in [0.2, 0.25) is 0 Å². The van der Waals surface area contributed by atoms with Gasteiger partial charge in [-0.3, -0.25) is 5.41 Å². The van der Waals surface area contributed by atoms with Gasteiger partial charge in [0.25, 0.3) is 0 Å². The average molecular weight is 247 g/mol. The summed E-state index contributed by atoms with van der Waals surface area (Å²) in [5, 5.41) is 7.35. The van der Waals surface area contributed by atoms with Gasteiger partial charge in [-0.1, -0.05) is 6.92 Å². The Morgan fingerprint density at radius 3 is 2.44 bits per heavy atom. The molecular weight excluding hydrogens is 226 g/mol. The third-order valence-electron chi connectivity index (χ3n) is 3.19. The molecule has 0 bridgehead atoms. The van der Waals surface area contributed by atoms with E-state index >= 15 is 0 Å². The molecule has 0 atom stereocenters. The maximum absolute atomic E-state index is 11.3. The Hall–Kier alpha value is -0.620. The van der Waals surface area contributed by atoms with E-state index in [1.54, 1.807) is 6.92 Å². The minimum absolute atomic E-state index is 0.194. The van der Waals surface area contributed by atoms with E-state index in [0.717, 1.165) is 25.9 Å². The summed E-state index contributed by atoms with van der Waals surface area (Å²) in [5.74, 6) is 0.922. The molecule has 16 heavy (non-hydrogen) atoms. The second kappa shape index (κ2) is 5.63. The van der Waals surface area contributed by atoms with Crippen molar-refractivity contribution in [3.63, 3.8) is 0 Å². The molecule has 1 heterocycles. The van der Waals surface area contributed by atoms with Crippen LogP contribution in [-0.2, 0) is 9.84 Å². The maximum atomic E-state index is 11.3. The van der Waals surface area contributed by atoms with E-state index in [0.29, 0.717) is 6.54 Å². The molecule has 1 aliphatic heterocycles. The second-order valence-electron chi connectivity index (χ2n) is 4.31. The highest BCUT2D eigenvalue weighted by Crippen LogP contribution is 2.16. The lowest BCUT2D eigenvalue weighted by Crippen LogP contribution is -2.40. The van der Waals surface area contributed by atoms with E-state index < -0.39 is 9.84 Å². The minimum atomic E-state index is -2.86. The normalized spacial score (nSPS) is 19.8. The summed E-state index contributed by atoms with van der Waals surface area (Å²) in [5.41, 5.74) is 5.45. The zero-order chi connectivity index (χ0) is 12.2. The zero-order valence-corrected chi connectivity index (χ0v) is 10.6. The number of sulfone groups is 1. The minimum Gasteiger partial charge on any atom is -0.387 e. The summed E-state index contributed by atoms with van der Waals surface area (Å²) in [6, 6.07) is 0. The summed E-state index contributed by atoms with van der Waals surface area (Å²) in [4.78, 5) is 2.15. The first-order valence-corrected chi connectivity index (χ1v) is 7.53. The van der Waals surface area contributed by atoms with Crippen molar-refractivity contribution in [3.8, 4) is 0 Å². The summed E-state index contributed by atoms with van der Waals surface area (Å²) < 4.78 is 22.7. The molecule has 0 aliphatic carbocycles. The molecule has 1 rings (SSSR count). The molecule has 0 aromatic rings. The van der Waals surface area contributed by atoms with Crippen LogP contribution in [0.1, 0.15) is 19.8 Å². The van der Waals surface area contributed by atoms with Gasteiger partial charge in [0.2, 0.25) is 0 Å². The van der Waals surface area contributed by atoms with Gasteiger partial charge in [-0.05, 0) is 25.9 Å². The fourth-order valence-electron chi connectivity index (χ4n) is 1.88. The van der Waals surface area contributed by atoms with Crippen molar-refractivity contribution in [2.24, 2.45) is 11.7 Å². The van der Waals surface area contributed by atoms with Crippen molar-refractivity contribution in [1.82, 2.24) is 4.90 Å². The van der Waals surface area contributed by atoms with Crippen LogP contribution in [0.25, 0.3) is 0 Å². The lowest BCUT2D eigenvalue weighted by Gasteiger charge is -2.31. The highest BCUT2D eigenvalue weighted by atomic mass is 32.2.